The summed E-state index contributed by atoms with van der Waals surface area (Å²) in [5.41, 5.74) is 2.95. The molecule has 1 fully saturated rings. The molecule has 1 aliphatic rings. The molecule has 7 nitrogen and oxygen atoms in total. The van der Waals surface area contributed by atoms with Crippen molar-refractivity contribution in [1.29, 1.82) is 0 Å². The number of aryl methyl sites for hydroxylation is 1. The number of piperazine rings is 1. The van der Waals surface area contributed by atoms with Gasteiger partial charge in [-0.05, 0) is 43.7 Å². The third kappa shape index (κ3) is 3.33. The predicted octanol–water partition coefficient (Wildman–Crippen LogP) is 3.17. The average Bonchev–Trinajstić information content (AvgIpc) is 3.36. The van der Waals surface area contributed by atoms with Gasteiger partial charge in [0.1, 0.15) is 5.52 Å². The van der Waals surface area contributed by atoms with Gasteiger partial charge in [-0.1, -0.05) is 34.6 Å². The SMILES string of the molecule is c1ccc2c(c1)nnn2CCCCN1CCN(c2noc3ccccc23)CC1. The Balaban J connectivity index is 1.10. The van der Waals surface area contributed by atoms with Crippen molar-refractivity contribution in [2.24, 2.45) is 0 Å². The fourth-order valence-electron chi connectivity index (χ4n) is 3.96. The molecule has 2 aromatic carbocycles. The molecular formula is C21H24N6O. The third-order valence-electron chi connectivity index (χ3n) is 5.54. The van der Waals surface area contributed by atoms with Crippen molar-refractivity contribution in [3.63, 3.8) is 0 Å². The number of hydrogen-bond donors (Lipinski definition) is 0. The summed E-state index contributed by atoms with van der Waals surface area (Å²) in [7, 11) is 0. The zero-order valence-electron chi connectivity index (χ0n) is 15.9. The summed E-state index contributed by atoms with van der Waals surface area (Å²) in [6, 6.07) is 16.2. The molecule has 0 radical (unpaired) electrons. The van der Waals surface area contributed by atoms with Crippen LogP contribution >= 0.6 is 0 Å². The lowest BCUT2D eigenvalue weighted by Gasteiger charge is -2.34. The molecule has 0 unspecified atom stereocenters. The maximum Gasteiger partial charge on any atom is 0.180 e. The maximum atomic E-state index is 5.46. The van der Waals surface area contributed by atoms with E-state index in [0.717, 1.165) is 73.5 Å². The summed E-state index contributed by atoms with van der Waals surface area (Å²) in [6.45, 7) is 6.15. The minimum Gasteiger partial charge on any atom is -0.354 e. The highest BCUT2D eigenvalue weighted by Crippen LogP contribution is 2.26. The Labute approximate surface area is 163 Å². The summed E-state index contributed by atoms with van der Waals surface area (Å²) in [4.78, 5) is 4.88. The number of fused-ring (bicyclic) bond motifs is 2. The molecule has 0 amide bonds. The van der Waals surface area contributed by atoms with Gasteiger partial charge < -0.3 is 9.42 Å². The topological polar surface area (TPSA) is 63.2 Å². The van der Waals surface area contributed by atoms with E-state index in [0.29, 0.717) is 0 Å². The number of aromatic nitrogens is 4. The Morgan fingerprint density at radius 2 is 1.64 bits per heavy atom. The number of anilines is 1. The maximum absolute atomic E-state index is 5.46. The minimum atomic E-state index is 0.862. The predicted molar refractivity (Wildman–Crippen MR) is 109 cm³/mol. The lowest BCUT2D eigenvalue weighted by Crippen LogP contribution is -2.46. The molecular weight excluding hydrogens is 352 g/mol. The highest BCUT2D eigenvalue weighted by molar-refractivity contribution is 5.88. The van der Waals surface area contributed by atoms with Crippen LogP contribution in [0.3, 0.4) is 0 Å². The zero-order valence-corrected chi connectivity index (χ0v) is 15.9. The van der Waals surface area contributed by atoms with Gasteiger partial charge in [0.2, 0.25) is 0 Å². The first-order valence-corrected chi connectivity index (χ1v) is 9.98. The van der Waals surface area contributed by atoms with Crippen LogP contribution in [0.15, 0.2) is 53.1 Å². The van der Waals surface area contributed by atoms with E-state index in [9.17, 15) is 0 Å². The molecule has 28 heavy (non-hydrogen) atoms. The summed E-state index contributed by atoms with van der Waals surface area (Å²) >= 11 is 0. The monoisotopic (exact) mass is 376 g/mol. The van der Waals surface area contributed by atoms with Gasteiger partial charge in [-0.15, -0.1) is 5.10 Å². The van der Waals surface area contributed by atoms with E-state index in [-0.39, 0.29) is 0 Å². The van der Waals surface area contributed by atoms with Crippen LogP contribution in [0.25, 0.3) is 22.0 Å². The molecule has 0 N–H and O–H groups in total. The second-order valence-electron chi connectivity index (χ2n) is 7.34. The molecule has 1 aliphatic heterocycles. The summed E-state index contributed by atoms with van der Waals surface area (Å²) < 4.78 is 7.47. The average molecular weight is 376 g/mol. The Bertz CT molecular complexity index is 1060. The van der Waals surface area contributed by atoms with E-state index < -0.39 is 0 Å². The number of hydrogen-bond acceptors (Lipinski definition) is 6. The van der Waals surface area contributed by atoms with Crippen molar-refractivity contribution in [3.05, 3.63) is 48.5 Å². The standard InChI is InChI=1S/C21H24N6O/c1-4-10-20-17(7-1)21(23-28-20)26-15-13-25(14-16-26)11-5-6-12-27-19-9-3-2-8-18(19)22-24-27/h1-4,7-10H,5-6,11-16H2. The van der Waals surface area contributed by atoms with Gasteiger partial charge in [-0.3, -0.25) is 4.90 Å². The van der Waals surface area contributed by atoms with Gasteiger partial charge in [0, 0.05) is 32.7 Å². The van der Waals surface area contributed by atoms with Crippen LogP contribution in [0.1, 0.15) is 12.8 Å². The van der Waals surface area contributed by atoms with Crippen LogP contribution in [-0.2, 0) is 6.54 Å². The lowest BCUT2D eigenvalue weighted by atomic mass is 10.2. The first kappa shape index (κ1) is 17.2. The quantitative estimate of drug-likeness (QED) is 0.482. The second-order valence-corrected chi connectivity index (χ2v) is 7.34. The zero-order chi connectivity index (χ0) is 18.8. The molecule has 1 saturated heterocycles. The molecule has 0 saturated carbocycles. The van der Waals surface area contributed by atoms with E-state index in [1.54, 1.807) is 0 Å². The first-order valence-electron chi connectivity index (χ1n) is 9.98. The van der Waals surface area contributed by atoms with Gasteiger partial charge in [0.05, 0.1) is 10.9 Å². The summed E-state index contributed by atoms with van der Waals surface area (Å²) in [6.07, 6.45) is 2.28. The summed E-state index contributed by atoms with van der Waals surface area (Å²) in [5, 5.41) is 13.9. The fourth-order valence-corrected chi connectivity index (χ4v) is 3.96. The molecule has 4 aromatic rings. The third-order valence-corrected chi connectivity index (χ3v) is 5.54. The summed E-state index contributed by atoms with van der Waals surface area (Å²) in [5.74, 6) is 0.980. The minimum absolute atomic E-state index is 0.862. The number of rotatable bonds is 6. The number of para-hydroxylation sites is 2. The largest absolute Gasteiger partial charge is 0.354 e. The number of nitrogens with zero attached hydrogens (tertiary/aromatic N) is 6. The van der Waals surface area contributed by atoms with Crippen molar-refractivity contribution in [2.45, 2.75) is 19.4 Å². The van der Waals surface area contributed by atoms with Crippen LogP contribution in [0, 0.1) is 0 Å². The number of benzene rings is 2. The van der Waals surface area contributed by atoms with Crippen LogP contribution in [0.2, 0.25) is 0 Å². The van der Waals surface area contributed by atoms with Crippen molar-refractivity contribution in [1.82, 2.24) is 25.1 Å². The Morgan fingerprint density at radius 3 is 2.57 bits per heavy atom. The first-order chi connectivity index (χ1) is 13.9. The van der Waals surface area contributed by atoms with E-state index >= 15 is 0 Å². The molecule has 0 atom stereocenters. The molecule has 0 spiro atoms. The lowest BCUT2D eigenvalue weighted by molar-refractivity contribution is 0.249. The molecule has 144 valence electrons. The molecule has 0 bridgehead atoms. The molecule has 2 aromatic heterocycles. The Hall–Kier alpha value is -2.93. The van der Waals surface area contributed by atoms with Crippen molar-refractivity contribution < 1.29 is 4.52 Å². The van der Waals surface area contributed by atoms with E-state index in [1.807, 2.05) is 41.1 Å². The highest BCUT2D eigenvalue weighted by Gasteiger charge is 2.21. The van der Waals surface area contributed by atoms with E-state index in [2.05, 4.69) is 37.4 Å². The van der Waals surface area contributed by atoms with Crippen LogP contribution in [-0.4, -0.2) is 57.8 Å². The second kappa shape index (κ2) is 7.59. The molecule has 3 heterocycles. The smallest absolute Gasteiger partial charge is 0.180 e. The van der Waals surface area contributed by atoms with E-state index in [4.69, 9.17) is 4.52 Å². The Kier molecular flexibility index (Phi) is 4.66. The van der Waals surface area contributed by atoms with Crippen LogP contribution < -0.4 is 4.90 Å². The van der Waals surface area contributed by atoms with Gasteiger partial charge in [-0.2, -0.15) is 0 Å². The van der Waals surface area contributed by atoms with Gasteiger partial charge in [0.15, 0.2) is 11.4 Å². The highest BCUT2D eigenvalue weighted by atomic mass is 16.5. The fraction of sp³-hybridized carbons (Fsp3) is 0.381. The van der Waals surface area contributed by atoms with Crippen molar-refractivity contribution in [2.75, 3.05) is 37.6 Å². The van der Waals surface area contributed by atoms with Gasteiger partial charge in [-0.25, -0.2) is 4.68 Å². The van der Waals surface area contributed by atoms with Crippen molar-refractivity contribution in [3.8, 4) is 0 Å². The Morgan fingerprint density at radius 1 is 0.857 bits per heavy atom. The molecule has 5 rings (SSSR count). The number of unbranched alkanes of at least 4 members (excludes halogenated alkanes) is 1. The van der Waals surface area contributed by atoms with E-state index in [1.165, 1.54) is 6.42 Å². The van der Waals surface area contributed by atoms with Gasteiger partial charge in [0.25, 0.3) is 0 Å². The van der Waals surface area contributed by atoms with Gasteiger partial charge >= 0.3 is 0 Å². The van der Waals surface area contributed by atoms with Crippen LogP contribution in [0.5, 0.6) is 0 Å². The van der Waals surface area contributed by atoms with Crippen molar-refractivity contribution >= 4 is 27.8 Å². The molecule has 0 aliphatic carbocycles. The molecule has 7 heteroatoms. The normalized spacial score (nSPS) is 15.6. The van der Waals surface area contributed by atoms with Crippen LogP contribution in [0.4, 0.5) is 5.82 Å².